The zero-order valence-corrected chi connectivity index (χ0v) is 12.3. The van der Waals surface area contributed by atoms with Crippen molar-refractivity contribution in [3.05, 3.63) is 59.4 Å². The summed E-state index contributed by atoms with van der Waals surface area (Å²) < 4.78 is 13.0. The van der Waals surface area contributed by atoms with Crippen LogP contribution in [0.2, 0.25) is 0 Å². The molecule has 0 unspecified atom stereocenters. The van der Waals surface area contributed by atoms with E-state index in [0.29, 0.717) is 6.04 Å². The number of hydrogen-bond donors (Lipinski definition) is 1. The molecule has 0 atom stereocenters. The largest absolute Gasteiger partial charge is 0.310 e. The van der Waals surface area contributed by atoms with Crippen molar-refractivity contribution in [2.45, 2.75) is 42.1 Å². The van der Waals surface area contributed by atoms with Crippen molar-refractivity contribution < 1.29 is 4.39 Å². The lowest BCUT2D eigenvalue weighted by molar-refractivity contribution is 0.626. The highest BCUT2D eigenvalue weighted by Crippen LogP contribution is 2.31. The summed E-state index contributed by atoms with van der Waals surface area (Å²) in [6.07, 6.45) is 2.60. The summed E-state index contributed by atoms with van der Waals surface area (Å²) in [5.74, 6) is -0.186. The molecule has 0 aliphatic heterocycles. The number of halogens is 1. The number of rotatable bonds is 5. The number of aryl methyl sites for hydroxylation is 1. The zero-order chi connectivity index (χ0) is 13.9. The summed E-state index contributed by atoms with van der Waals surface area (Å²) in [5, 5.41) is 3.56. The van der Waals surface area contributed by atoms with Crippen molar-refractivity contribution in [3.8, 4) is 0 Å². The third kappa shape index (κ3) is 3.62. The van der Waals surface area contributed by atoms with Crippen LogP contribution in [0.5, 0.6) is 0 Å². The van der Waals surface area contributed by atoms with Gasteiger partial charge in [-0.25, -0.2) is 4.39 Å². The summed E-state index contributed by atoms with van der Waals surface area (Å²) in [4.78, 5) is 2.32. The van der Waals surface area contributed by atoms with Crippen LogP contribution >= 0.6 is 11.8 Å². The lowest BCUT2D eigenvalue weighted by Gasteiger charge is -2.11. The van der Waals surface area contributed by atoms with E-state index in [0.717, 1.165) is 11.4 Å². The second kappa shape index (κ2) is 5.98. The van der Waals surface area contributed by atoms with Gasteiger partial charge in [-0.2, -0.15) is 0 Å². The molecule has 104 valence electrons. The minimum Gasteiger partial charge on any atom is -0.310 e. The van der Waals surface area contributed by atoms with Crippen molar-refractivity contribution in [2.24, 2.45) is 0 Å². The Labute approximate surface area is 123 Å². The van der Waals surface area contributed by atoms with E-state index in [4.69, 9.17) is 0 Å². The van der Waals surface area contributed by atoms with Crippen LogP contribution < -0.4 is 5.32 Å². The molecule has 1 nitrogen and oxygen atoms in total. The minimum absolute atomic E-state index is 0.186. The van der Waals surface area contributed by atoms with E-state index in [2.05, 4.69) is 30.4 Å². The van der Waals surface area contributed by atoms with Gasteiger partial charge >= 0.3 is 0 Å². The first kappa shape index (κ1) is 13.7. The van der Waals surface area contributed by atoms with Gasteiger partial charge < -0.3 is 5.32 Å². The van der Waals surface area contributed by atoms with Gasteiger partial charge in [0, 0.05) is 22.4 Å². The highest BCUT2D eigenvalue weighted by molar-refractivity contribution is 7.99. The zero-order valence-electron chi connectivity index (χ0n) is 11.5. The van der Waals surface area contributed by atoms with Gasteiger partial charge in [0.15, 0.2) is 0 Å². The van der Waals surface area contributed by atoms with E-state index in [-0.39, 0.29) is 5.82 Å². The first-order valence-corrected chi connectivity index (χ1v) is 7.79. The summed E-state index contributed by atoms with van der Waals surface area (Å²) in [7, 11) is 0. The normalized spacial score (nSPS) is 14.5. The Balaban J connectivity index is 1.77. The van der Waals surface area contributed by atoms with Crippen LogP contribution in [0.1, 0.15) is 24.0 Å². The quantitative estimate of drug-likeness (QED) is 0.866. The molecule has 1 N–H and O–H groups in total. The number of nitrogens with one attached hydrogen (secondary N) is 1. The first-order valence-electron chi connectivity index (χ1n) is 6.97. The molecule has 0 aromatic heterocycles. The van der Waals surface area contributed by atoms with Gasteiger partial charge in [-0.15, -0.1) is 0 Å². The molecule has 20 heavy (non-hydrogen) atoms. The van der Waals surface area contributed by atoms with Crippen molar-refractivity contribution >= 4 is 11.8 Å². The van der Waals surface area contributed by atoms with Crippen LogP contribution in [0.15, 0.2) is 52.3 Å². The van der Waals surface area contributed by atoms with E-state index in [1.54, 1.807) is 11.8 Å². The third-order valence-electron chi connectivity index (χ3n) is 3.42. The van der Waals surface area contributed by atoms with Crippen molar-refractivity contribution in [2.75, 3.05) is 0 Å². The second-order valence-electron chi connectivity index (χ2n) is 5.32. The molecule has 3 rings (SSSR count). The Morgan fingerprint density at radius 1 is 1.15 bits per heavy atom. The fourth-order valence-corrected chi connectivity index (χ4v) is 3.04. The van der Waals surface area contributed by atoms with Gasteiger partial charge in [0.05, 0.1) is 0 Å². The summed E-state index contributed by atoms with van der Waals surface area (Å²) in [5.41, 5.74) is 2.60. The third-order valence-corrected chi connectivity index (χ3v) is 4.54. The van der Waals surface area contributed by atoms with Crippen LogP contribution in [-0.2, 0) is 6.54 Å². The van der Waals surface area contributed by atoms with Crippen LogP contribution in [0.3, 0.4) is 0 Å². The molecular formula is C17H18FNS. The van der Waals surface area contributed by atoms with Crippen molar-refractivity contribution in [1.82, 2.24) is 5.32 Å². The molecule has 0 amide bonds. The minimum atomic E-state index is -0.186. The Morgan fingerprint density at radius 2 is 1.90 bits per heavy atom. The van der Waals surface area contributed by atoms with E-state index < -0.39 is 0 Å². The van der Waals surface area contributed by atoms with Gasteiger partial charge in [0.1, 0.15) is 5.82 Å². The fraction of sp³-hybridized carbons (Fsp3) is 0.294. The van der Waals surface area contributed by atoms with E-state index in [1.807, 2.05) is 12.1 Å². The molecule has 1 fully saturated rings. The first-order chi connectivity index (χ1) is 9.70. The SMILES string of the molecule is Cc1ccc(Sc2ccc(F)cc2)c(CNC2CC2)c1. The van der Waals surface area contributed by atoms with Gasteiger partial charge in [-0.3, -0.25) is 0 Å². The molecule has 3 heteroatoms. The Hall–Kier alpha value is -1.32. The van der Waals surface area contributed by atoms with Crippen LogP contribution in [0, 0.1) is 12.7 Å². The molecule has 0 saturated heterocycles. The molecule has 0 spiro atoms. The molecule has 2 aromatic carbocycles. The molecule has 1 aliphatic rings. The lowest BCUT2D eigenvalue weighted by Crippen LogP contribution is -2.15. The highest BCUT2D eigenvalue weighted by Gasteiger charge is 2.20. The van der Waals surface area contributed by atoms with Gasteiger partial charge in [-0.05, 0) is 55.7 Å². The molecule has 1 aliphatic carbocycles. The molecule has 2 aromatic rings. The maximum Gasteiger partial charge on any atom is 0.123 e. The molecule has 0 radical (unpaired) electrons. The van der Waals surface area contributed by atoms with Crippen LogP contribution in [-0.4, -0.2) is 6.04 Å². The molecule has 1 saturated carbocycles. The Bertz CT molecular complexity index is 590. The van der Waals surface area contributed by atoms with Crippen LogP contribution in [0.4, 0.5) is 4.39 Å². The summed E-state index contributed by atoms with van der Waals surface area (Å²) >= 11 is 1.70. The topological polar surface area (TPSA) is 12.0 Å². The second-order valence-corrected chi connectivity index (χ2v) is 6.44. The summed E-state index contributed by atoms with van der Waals surface area (Å²) in [6.45, 7) is 3.03. The average Bonchev–Trinajstić information content (AvgIpc) is 3.25. The smallest absolute Gasteiger partial charge is 0.123 e. The molecular weight excluding hydrogens is 269 g/mol. The van der Waals surface area contributed by atoms with Crippen LogP contribution in [0.25, 0.3) is 0 Å². The van der Waals surface area contributed by atoms with E-state index >= 15 is 0 Å². The molecule has 0 heterocycles. The van der Waals surface area contributed by atoms with Crippen molar-refractivity contribution in [1.29, 1.82) is 0 Å². The van der Waals surface area contributed by atoms with Gasteiger partial charge in [-0.1, -0.05) is 29.5 Å². The van der Waals surface area contributed by atoms with Gasteiger partial charge in [0.25, 0.3) is 0 Å². The standard InChI is InChI=1S/C17H18FNS/c1-12-2-9-17(13(10-12)11-19-15-5-6-15)20-16-7-3-14(18)4-8-16/h2-4,7-10,15,19H,5-6,11H2,1H3. The summed E-state index contributed by atoms with van der Waals surface area (Å²) in [6, 6.07) is 13.9. The fourth-order valence-electron chi connectivity index (χ4n) is 2.12. The average molecular weight is 287 g/mol. The van der Waals surface area contributed by atoms with Gasteiger partial charge in [0.2, 0.25) is 0 Å². The predicted octanol–water partition coefficient (Wildman–Crippen LogP) is 4.54. The lowest BCUT2D eigenvalue weighted by atomic mass is 10.1. The maximum atomic E-state index is 13.0. The monoisotopic (exact) mass is 287 g/mol. The molecule has 0 bridgehead atoms. The number of benzene rings is 2. The predicted molar refractivity (Wildman–Crippen MR) is 81.6 cm³/mol. The van der Waals surface area contributed by atoms with Crippen molar-refractivity contribution in [3.63, 3.8) is 0 Å². The Kier molecular flexibility index (Phi) is 4.08. The Morgan fingerprint density at radius 3 is 2.60 bits per heavy atom. The highest BCUT2D eigenvalue weighted by atomic mass is 32.2. The maximum absolute atomic E-state index is 13.0. The number of hydrogen-bond acceptors (Lipinski definition) is 2. The van der Waals surface area contributed by atoms with E-state index in [9.17, 15) is 4.39 Å². The van der Waals surface area contributed by atoms with E-state index in [1.165, 1.54) is 41.0 Å².